The Hall–Kier alpha value is -1.84. The van der Waals surface area contributed by atoms with Crippen LogP contribution in [0.5, 0.6) is 0 Å². The Balaban J connectivity index is 2.56. The van der Waals surface area contributed by atoms with E-state index in [1.54, 1.807) is 0 Å². The molecule has 0 fully saturated rings. The van der Waals surface area contributed by atoms with Crippen molar-refractivity contribution in [1.82, 2.24) is 9.97 Å². The molecule has 18 heavy (non-hydrogen) atoms. The highest BCUT2D eigenvalue weighted by Gasteiger charge is 2.10. The quantitative estimate of drug-likeness (QED) is 0.878. The number of aromatic nitrogens is 2. The lowest BCUT2D eigenvalue weighted by molar-refractivity contribution is 0.826. The molecule has 1 aromatic carbocycles. The van der Waals surface area contributed by atoms with Gasteiger partial charge in [0, 0.05) is 25.0 Å². The zero-order chi connectivity index (χ0) is 13.0. The summed E-state index contributed by atoms with van der Waals surface area (Å²) in [6, 6.07) is 8.12. The summed E-state index contributed by atoms with van der Waals surface area (Å²) >= 11 is 0. The number of nitrogens with one attached hydrogen (secondary N) is 1. The minimum Gasteiger partial charge on any atom is -0.370 e. The smallest absolute Gasteiger partial charge is 0.227 e. The van der Waals surface area contributed by atoms with Gasteiger partial charge in [-0.2, -0.15) is 4.98 Å². The van der Waals surface area contributed by atoms with E-state index in [-0.39, 0.29) is 0 Å². The first-order valence-electron chi connectivity index (χ1n) is 6.55. The van der Waals surface area contributed by atoms with E-state index in [2.05, 4.69) is 47.0 Å². The molecule has 0 unspecified atom stereocenters. The van der Waals surface area contributed by atoms with E-state index in [0.717, 1.165) is 42.3 Å². The van der Waals surface area contributed by atoms with Gasteiger partial charge in [0.25, 0.3) is 0 Å². The maximum atomic E-state index is 4.64. The van der Waals surface area contributed by atoms with Crippen LogP contribution in [0.25, 0.3) is 10.9 Å². The van der Waals surface area contributed by atoms with Crippen molar-refractivity contribution in [3.63, 3.8) is 0 Å². The molecule has 96 valence electrons. The van der Waals surface area contributed by atoms with Crippen molar-refractivity contribution < 1.29 is 0 Å². The van der Waals surface area contributed by atoms with Gasteiger partial charge in [0.2, 0.25) is 5.95 Å². The van der Waals surface area contributed by atoms with Crippen molar-refractivity contribution in [2.75, 3.05) is 29.9 Å². The van der Waals surface area contributed by atoms with E-state index in [1.807, 2.05) is 18.2 Å². The van der Waals surface area contributed by atoms with Crippen LogP contribution in [-0.2, 0) is 0 Å². The highest BCUT2D eigenvalue weighted by molar-refractivity contribution is 5.90. The molecular weight excluding hydrogens is 224 g/mol. The van der Waals surface area contributed by atoms with Crippen molar-refractivity contribution in [3.8, 4) is 0 Å². The predicted molar refractivity (Wildman–Crippen MR) is 77.3 cm³/mol. The Kier molecular flexibility index (Phi) is 3.97. The van der Waals surface area contributed by atoms with Gasteiger partial charge in [-0.3, -0.25) is 0 Å². The molecular formula is C14H20N4. The van der Waals surface area contributed by atoms with Crippen molar-refractivity contribution in [3.05, 3.63) is 24.3 Å². The first kappa shape index (κ1) is 12.6. The summed E-state index contributed by atoms with van der Waals surface area (Å²) in [5.74, 6) is 1.72. The van der Waals surface area contributed by atoms with Gasteiger partial charge in [-0.1, -0.05) is 12.1 Å². The molecule has 0 spiro atoms. The summed E-state index contributed by atoms with van der Waals surface area (Å²) in [6.07, 6.45) is 0. The van der Waals surface area contributed by atoms with E-state index in [4.69, 9.17) is 0 Å². The number of nitrogens with zero attached hydrogens (tertiary/aromatic N) is 3. The zero-order valence-corrected chi connectivity index (χ0v) is 11.3. The molecule has 0 saturated carbocycles. The summed E-state index contributed by atoms with van der Waals surface area (Å²) in [5, 5.41) is 4.40. The van der Waals surface area contributed by atoms with Gasteiger partial charge in [0.15, 0.2) is 0 Å². The lowest BCUT2D eigenvalue weighted by atomic mass is 10.2. The molecule has 0 bridgehead atoms. The summed E-state index contributed by atoms with van der Waals surface area (Å²) < 4.78 is 0. The summed E-state index contributed by atoms with van der Waals surface area (Å²) in [5.41, 5.74) is 0.991. The van der Waals surface area contributed by atoms with Gasteiger partial charge in [0.1, 0.15) is 5.82 Å². The summed E-state index contributed by atoms with van der Waals surface area (Å²) in [7, 11) is 0. The van der Waals surface area contributed by atoms with Crippen LogP contribution >= 0.6 is 0 Å². The standard InChI is InChI=1S/C14H20N4/c1-4-15-13-11-9-7-8-10-12(11)16-14(17-13)18(5-2)6-3/h7-10H,4-6H2,1-3H3,(H,15,16,17). The molecule has 0 aliphatic carbocycles. The van der Waals surface area contributed by atoms with Crippen LogP contribution in [0.4, 0.5) is 11.8 Å². The monoisotopic (exact) mass is 244 g/mol. The molecule has 2 aromatic rings. The number of hydrogen-bond acceptors (Lipinski definition) is 4. The van der Waals surface area contributed by atoms with Crippen molar-refractivity contribution >= 4 is 22.7 Å². The fraction of sp³-hybridized carbons (Fsp3) is 0.429. The fourth-order valence-electron chi connectivity index (χ4n) is 2.01. The number of para-hydroxylation sites is 1. The Morgan fingerprint density at radius 1 is 1.06 bits per heavy atom. The Morgan fingerprint density at radius 2 is 1.78 bits per heavy atom. The predicted octanol–water partition coefficient (Wildman–Crippen LogP) is 2.91. The number of rotatable bonds is 5. The van der Waals surface area contributed by atoms with Crippen LogP contribution in [0.3, 0.4) is 0 Å². The summed E-state index contributed by atoms with van der Waals surface area (Å²) in [4.78, 5) is 11.4. The van der Waals surface area contributed by atoms with Crippen molar-refractivity contribution in [2.45, 2.75) is 20.8 Å². The minimum atomic E-state index is 0.801. The Bertz CT molecular complexity index is 520. The number of anilines is 2. The average molecular weight is 244 g/mol. The third-order valence-electron chi connectivity index (χ3n) is 2.98. The molecule has 0 aliphatic rings. The molecule has 1 heterocycles. The molecule has 0 amide bonds. The molecule has 0 aliphatic heterocycles. The molecule has 0 radical (unpaired) electrons. The molecule has 4 heteroatoms. The molecule has 0 saturated heterocycles. The molecule has 4 nitrogen and oxygen atoms in total. The Labute approximate surface area is 108 Å². The van der Waals surface area contributed by atoms with Gasteiger partial charge in [0.05, 0.1) is 5.52 Å². The second kappa shape index (κ2) is 5.67. The van der Waals surface area contributed by atoms with Gasteiger partial charge in [-0.15, -0.1) is 0 Å². The second-order valence-electron chi connectivity index (χ2n) is 4.09. The number of hydrogen-bond donors (Lipinski definition) is 1. The molecule has 1 N–H and O–H groups in total. The third-order valence-corrected chi connectivity index (χ3v) is 2.98. The average Bonchev–Trinajstić information content (AvgIpc) is 2.40. The summed E-state index contributed by atoms with van der Waals surface area (Å²) in [6.45, 7) is 9.01. The lowest BCUT2D eigenvalue weighted by Crippen LogP contribution is -2.24. The number of fused-ring (bicyclic) bond motifs is 1. The van der Waals surface area contributed by atoms with Crippen LogP contribution in [0.15, 0.2) is 24.3 Å². The van der Waals surface area contributed by atoms with Crippen LogP contribution in [0, 0.1) is 0 Å². The van der Waals surface area contributed by atoms with Gasteiger partial charge >= 0.3 is 0 Å². The minimum absolute atomic E-state index is 0.801. The van der Waals surface area contributed by atoms with Crippen LogP contribution in [0.2, 0.25) is 0 Å². The Morgan fingerprint density at radius 3 is 2.44 bits per heavy atom. The van der Waals surface area contributed by atoms with Crippen molar-refractivity contribution in [1.29, 1.82) is 0 Å². The van der Waals surface area contributed by atoms with E-state index in [9.17, 15) is 0 Å². The highest BCUT2D eigenvalue weighted by Crippen LogP contribution is 2.23. The lowest BCUT2D eigenvalue weighted by Gasteiger charge is -2.20. The van der Waals surface area contributed by atoms with E-state index >= 15 is 0 Å². The van der Waals surface area contributed by atoms with Crippen LogP contribution < -0.4 is 10.2 Å². The third kappa shape index (κ3) is 2.37. The SMILES string of the molecule is CCNc1nc(N(CC)CC)nc2ccccc12. The molecule has 0 atom stereocenters. The highest BCUT2D eigenvalue weighted by atomic mass is 15.3. The van der Waals surface area contributed by atoms with E-state index < -0.39 is 0 Å². The van der Waals surface area contributed by atoms with E-state index in [0.29, 0.717) is 0 Å². The van der Waals surface area contributed by atoms with Gasteiger partial charge < -0.3 is 10.2 Å². The first-order chi connectivity index (χ1) is 8.80. The normalized spacial score (nSPS) is 10.6. The number of benzene rings is 1. The molecule has 1 aromatic heterocycles. The topological polar surface area (TPSA) is 41.1 Å². The van der Waals surface area contributed by atoms with Gasteiger partial charge in [-0.25, -0.2) is 4.98 Å². The molecule has 2 rings (SSSR count). The van der Waals surface area contributed by atoms with E-state index in [1.165, 1.54) is 0 Å². The maximum Gasteiger partial charge on any atom is 0.227 e. The maximum absolute atomic E-state index is 4.64. The first-order valence-corrected chi connectivity index (χ1v) is 6.55. The zero-order valence-electron chi connectivity index (χ0n) is 11.3. The van der Waals surface area contributed by atoms with Crippen LogP contribution in [-0.4, -0.2) is 29.6 Å². The largest absolute Gasteiger partial charge is 0.370 e. The van der Waals surface area contributed by atoms with Crippen LogP contribution in [0.1, 0.15) is 20.8 Å². The second-order valence-corrected chi connectivity index (χ2v) is 4.09. The van der Waals surface area contributed by atoms with Gasteiger partial charge in [-0.05, 0) is 32.9 Å². The fourth-order valence-corrected chi connectivity index (χ4v) is 2.01. The van der Waals surface area contributed by atoms with Crippen molar-refractivity contribution in [2.24, 2.45) is 0 Å².